The highest BCUT2D eigenvalue weighted by atomic mass is 16.5. The van der Waals surface area contributed by atoms with Crippen molar-refractivity contribution in [3.63, 3.8) is 0 Å². The number of benzene rings is 2. The number of likely N-dealkylation sites (tertiary alicyclic amines) is 1. The number of fused-ring (bicyclic) bond motifs is 1. The van der Waals surface area contributed by atoms with Gasteiger partial charge in [-0.3, -0.25) is 9.69 Å². The van der Waals surface area contributed by atoms with Crippen molar-refractivity contribution >= 4 is 17.1 Å². The first kappa shape index (κ1) is 23.6. The average Bonchev–Trinajstić information content (AvgIpc) is 3.64. The second-order valence-corrected chi connectivity index (χ2v) is 9.64. The summed E-state index contributed by atoms with van der Waals surface area (Å²) in [5, 5.41) is 0. The molecule has 0 bridgehead atoms. The van der Waals surface area contributed by atoms with Crippen molar-refractivity contribution in [2.45, 2.75) is 19.4 Å². The molecule has 8 heteroatoms. The van der Waals surface area contributed by atoms with E-state index in [1.54, 1.807) is 13.3 Å². The van der Waals surface area contributed by atoms with E-state index < -0.39 is 0 Å². The second-order valence-electron chi connectivity index (χ2n) is 9.64. The maximum absolute atomic E-state index is 12.9. The Morgan fingerprint density at radius 2 is 1.78 bits per heavy atom. The summed E-state index contributed by atoms with van der Waals surface area (Å²) < 4.78 is 11.2. The van der Waals surface area contributed by atoms with E-state index in [0.717, 1.165) is 86.8 Å². The van der Waals surface area contributed by atoms with Crippen LogP contribution in [0.5, 0.6) is 5.75 Å². The van der Waals surface area contributed by atoms with Gasteiger partial charge in [-0.15, -0.1) is 0 Å². The lowest BCUT2D eigenvalue weighted by molar-refractivity contribution is 0.0342. The Bertz CT molecular complexity index is 1400. The van der Waals surface area contributed by atoms with Crippen LogP contribution in [0.3, 0.4) is 0 Å². The van der Waals surface area contributed by atoms with Crippen LogP contribution in [0, 0.1) is 0 Å². The van der Waals surface area contributed by atoms with Crippen molar-refractivity contribution in [3.05, 3.63) is 65.9 Å². The number of pyridine rings is 1. The normalized spacial score (nSPS) is 16.4. The number of morpholine rings is 1. The number of carbonyl (C=O) groups excluding carboxylic acids is 1. The van der Waals surface area contributed by atoms with E-state index >= 15 is 0 Å². The van der Waals surface area contributed by atoms with E-state index in [1.807, 2.05) is 29.2 Å². The minimum Gasteiger partial charge on any atom is -0.496 e. The molecule has 4 heterocycles. The monoisotopic (exact) mass is 497 g/mol. The van der Waals surface area contributed by atoms with Crippen LogP contribution in [-0.4, -0.2) is 77.2 Å². The van der Waals surface area contributed by atoms with E-state index in [2.05, 4.69) is 39.1 Å². The number of nitrogens with zero attached hydrogens (tertiary/aromatic N) is 4. The summed E-state index contributed by atoms with van der Waals surface area (Å²) in [4.78, 5) is 30.0. The van der Waals surface area contributed by atoms with Crippen molar-refractivity contribution in [3.8, 4) is 28.3 Å². The van der Waals surface area contributed by atoms with Crippen LogP contribution in [0.25, 0.3) is 33.7 Å². The Balaban J connectivity index is 1.28. The Labute approximate surface area is 216 Å². The summed E-state index contributed by atoms with van der Waals surface area (Å²) in [6.07, 6.45) is 3.89. The number of aromatic amines is 1. The van der Waals surface area contributed by atoms with Crippen LogP contribution in [0.15, 0.2) is 54.7 Å². The lowest BCUT2D eigenvalue weighted by atomic mass is 10.0. The molecule has 4 aromatic rings. The zero-order chi connectivity index (χ0) is 25.2. The number of aromatic nitrogens is 3. The summed E-state index contributed by atoms with van der Waals surface area (Å²) in [6.45, 7) is 6.10. The molecule has 190 valence electrons. The average molecular weight is 498 g/mol. The Morgan fingerprint density at radius 3 is 2.54 bits per heavy atom. The standard InChI is InChI=1S/C29H31N5O3/c1-36-25-18-22(29(35)34-12-2-3-13-34)8-9-23(25)24-10-11-30-28-26(24)31-27(32-28)21-6-4-20(5-7-21)19-33-14-16-37-17-15-33/h4-11,18H,2-3,12-17,19H2,1H3,(H,30,31,32). The second kappa shape index (κ2) is 10.3. The zero-order valence-corrected chi connectivity index (χ0v) is 21.1. The summed E-state index contributed by atoms with van der Waals surface area (Å²) >= 11 is 0. The Kier molecular flexibility index (Phi) is 6.59. The van der Waals surface area contributed by atoms with Gasteiger partial charge < -0.3 is 19.4 Å². The molecule has 8 nitrogen and oxygen atoms in total. The maximum atomic E-state index is 12.9. The van der Waals surface area contributed by atoms with Crippen LogP contribution in [0.2, 0.25) is 0 Å². The molecule has 6 rings (SSSR count). The van der Waals surface area contributed by atoms with Crippen LogP contribution < -0.4 is 4.74 Å². The van der Waals surface area contributed by atoms with E-state index in [0.29, 0.717) is 17.0 Å². The number of ether oxygens (including phenoxy) is 2. The molecule has 0 unspecified atom stereocenters. The van der Waals surface area contributed by atoms with Gasteiger partial charge in [-0.1, -0.05) is 24.3 Å². The molecule has 0 atom stereocenters. The van der Waals surface area contributed by atoms with Crippen LogP contribution in [-0.2, 0) is 11.3 Å². The third kappa shape index (κ3) is 4.82. The van der Waals surface area contributed by atoms with Gasteiger partial charge in [0.25, 0.3) is 5.91 Å². The van der Waals surface area contributed by atoms with Gasteiger partial charge in [0.1, 0.15) is 11.6 Å². The number of hydrogen-bond donors (Lipinski definition) is 1. The SMILES string of the molecule is COc1cc(C(=O)N2CCCC2)ccc1-c1ccnc2nc(-c3ccc(CN4CCOCC4)cc3)[nH]c12. The molecule has 2 aromatic heterocycles. The fraction of sp³-hybridized carbons (Fsp3) is 0.345. The molecule has 2 aromatic carbocycles. The van der Waals surface area contributed by atoms with Crippen molar-refractivity contribution in [1.82, 2.24) is 24.8 Å². The highest BCUT2D eigenvalue weighted by Crippen LogP contribution is 2.35. The fourth-order valence-electron chi connectivity index (χ4n) is 5.21. The maximum Gasteiger partial charge on any atom is 0.253 e. The third-order valence-corrected chi connectivity index (χ3v) is 7.26. The molecular weight excluding hydrogens is 466 g/mol. The molecule has 2 saturated heterocycles. The van der Waals surface area contributed by atoms with Crippen molar-refractivity contribution in [2.75, 3.05) is 46.5 Å². The molecule has 0 radical (unpaired) electrons. The topological polar surface area (TPSA) is 83.6 Å². The molecule has 0 saturated carbocycles. The van der Waals surface area contributed by atoms with E-state index in [-0.39, 0.29) is 5.91 Å². The van der Waals surface area contributed by atoms with Gasteiger partial charge in [-0.25, -0.2) is 9.97 Å². The molecule has 37 heavy (non-hydrogen) atoms. The predicted octanol–water partition coefficient (Wildman–Crippen LogP) is 4.37. The van der Waals surface area contributed by atoms with Crippen LogP contribution >= 0.6 is 0 Å². The first-order valence-corrected chi connectivity index (χ1v) is 12.9. The van der Waals surface area contributed by atoms with E-state index in [9.17, 15) is 4.79 Å². The van der Waals surface area contributed by atoms with E-state index in [1.165, 1.54) is 5.56 Å². The van der Waals surface area contributed by atoms with Gasteiger partial charge in [0.2, 0.25) is 0 Å². The molecule has 1 N–H and O–H groups in total. The molecule has 0 spiro atoms. The molecule has 2 aliphatic heterocycles. The quantitative estimate of drug-likeness (QED) is 0.426. The largest absolute Gasteiger partial charge is 0.496 e. The number of carbonyl (C=O) groups is 1. The number of hydrogen-bond acceptors (Lipinski definition) is 6. The number of imidazole rings is 1. The summed E-state index contributed by atoms with van der Waals surface area (Å²) in [5.41, 5.74) is 6.24. The van der Waals surface area contributed by atoms with Gasteiger partial charge >= 0.3 is 0 Å². The van der Waals surface area contributed by atoms with Gasteiger partial charge in [0, 0.05) is 61.2 Å². The third-order valence-electron chi connectivity index (χ3n) is 7.26. The number of H-pyrrole nitrogens is 1. The fourth-order valence-corrected chi connectivity index (χ4v) is 5.21. The number of rotatable bonds is 6. The predicted molar refractivity (Wildman–Crippen MR) is 143 cm³/mol. The zero-order valence-electron chi connectivity index (χ0n) is 21.1. The molecule has 2 fully saturated rings. The molecule has 1 amide bonds. The van der Waals surface area contributed by atoms with Crippen molar-refractivity contribution in [1.29, 1.82) is 0 Å². The summed E-state index contributed by atoms with van der Waals surface area (Å²) in [5.74, 6) is 1.48. The van der Waals surface area contributed by atoms with Crippen LogP contribution in [0.4, 0.5) is 0 Å². The molecular formula is C29H31N5O3. The smallest absolute Gasteiger partial charge is 0.253 e. The molecule has 2 aliphatic rings. The minimum atomic E-state index is 0.0584. The highest BCUT2D eigenvalue weighted by Gasteiger charge is 2.22. The lowest BCUT2D eigenvalue weighted by Gasteiger charge is -2.26. The van der Waals surface area contributed by atoms with Gasteiger partial charge in [0.05, 0.1) is 25.8 Å². The first-order valence-electron chi connectivity index (χ1n) is 12.9. The number of amides is 1. The Morgan fingerprint density at radius 1 is 1.00 bits per heavy atom. The van der Waals surface area contributed by atoms with Gasteiger partial charge in [-0.2, -0.15) is 0 Å². The van der Waals surface area contributed by atoms with Gasteiger partial charge in [-0.05, 0) is 42.7 Å². The van der Waals surface area contributed by atoms with E-state index in [4.69, 9.17) is 14.5 Å². The van der Waals surface area contributed by atoms with Crippen molar-refractivity contribution in [2.24, 2.45) is 0 Å². The molecule has 0 aliphatic carbocycles. The first-order chi connectivity index (χ1) is 18.2. The van der Waals surface area contributed by atoms with Gasteiger partial charge in [0.15, 0.2) is 5.65 Å². The Hall–Kier alpha value is -3.75. The summed E-state index contributed by atoms with van der Waals surface area (Å²) in [7, 11) is 1.64. The number of nitrogens with one attached hydrogen (secondary N) is 1. The highest BCUT2D eigenvalue weighted by molar-refractivity contribution is 5.98. The summed E-state index contributed by atoms with van der Waals surface area (Å²) in [6, 6.07) is 16.2. The van der Waals surface area contributed by atoms with Crippen molar-refractivity contribution < 1.29 is 14.3 Å². The van der Waals surface area contributed by atoms with Crippen LogP contribution in [0.1, 0.15) is 28.8 Å². The lowest BCUT2D eigenvalue weighted by Crippen LogP contribution is -2.35. The minimum absolute atomic E-state index is 0.0584. The number of methoxy groups -OCH3 is 1.